The fourth-order valence-corrected chi connectivity index (χ4v) is 4.86. The fourth-order valence-electron chi connectivity index (χ4n) is 2.85. The van der Waals surface area contributed by atoms with Crippen molar-refractivity contribution in [3.8, 4) is 0 Å². The van der Waals surface area contributed by atoms with Crippen molar-refractivity contribution in [2.75, 3.05) is 11.9 Å². The van der Waals surface area contributed by atoms with Gasteiger partial charge in [-0.3, -0.25) is 9.59 Å². The van der Waals surface area contributed by atoms with Crippen molar-refractivity contribution in [2.45, 2.75) is 39.5 Å². The lowest BCUT2D eigenvalue weighted by molar-refractivity contribution is 0.0526. The summed E-state index contributed by atoms with van der Waals surface area (Å²) in [5.41, 5.74) is 2.01. The summed E-state index contributed by atoms with van der Waals surface area (Å²) >= 11 is 2.30. The summed E-state index contributed by atoms with van der Waals surface area (Å²) in [6.07, 6.45) is 3.86. The Kier molecular flexibility index (Phi) is 4.86. The molecule has 2 aromatic heterocycles. The molecule has 2 aromatic rings. The van der Waals surface area contributed by atoms with Crippen LogP contribution in [0.2, 0.25) is 0 Å². The van der Waals surface area contributed by atoms with Crippen molar-refractivity contribution in [3.05, 3.63) is 36.2 Å². The third-order valence-electron chi connectivity index (χ3n) is 3.91. The minimum Gasteiger partial charge on any atom is -0.462 e. The zero-order valence-electron chi connectivity index (χ0n) is 13.5. The quantitative estimate of drug-likeness (QED) is 0.814. The molecule has 3 rings (SSSR count). The molecule has 0 bridgehead atoms. The lowest BCUT2D eigenvalue weighted by Gasteiger charge is -2.12. The number of H-pyrrole nitrogens is 1. The van der Waals surface area contributed by atoms with Gasteiger partial charge in [0.2, 0.25) is 0 Å². The van der Waals surface area contributed by atoms with Crippen LogP contribution in [0.5, 0.6) is 0 Å². The van der Waals surface area contributed by atoms with Crippen molar-refractivity contribution in [1.29, 1.82) is 0 Å². The number of fused-ring (bicyclic) bond motifs is 1. The third-order valence-corrected chi connectivity index (χ3v) is 6.10. The van der Waals surface area contributed by atoms with Crippen LogP contribution in [0.25, 0.3) is 0 Å². The number of nitrogens with one attached hydrogen (secondary N) is 2. The standard InChI is InChI=1S/C16H18N2O4S2/c1-3-22-15(20)11-9-6-4-5-7-10(9)23-14(11)18-13(19)12-8(2)17-16(21)24-12/h3-7H2,1-2H3,(H,17,21)(H,18,19). The highest BCUT2D eigenvalue weighted by Crippen LogP contribution is 2.38. The molecule has 1 aliphatic carbocycles. The van der Waals surface area contributed by atoms with Crippen LogP contribution in [-0.4, -0.2) is 23.5 Å². The number of hydrogen-bond donors (Lipinski definition) is 2. The molecule has 2 heterocycles. The van der Waals surface area contributed by atoms with E-state index < -0.39 is 5.97 Å². The number of thiazole rings is 1. The average Bonchev–Trinajstić information content (AvgIpc) is 3.06. The van der Waals surface area contributed by atoms with Gasteiger partial charge in [0.05, 0.1) is 12.2 Å². The Morgan fingerprint density at radius 2 is 2.00 bits per heavy atom. The van der Waals surface area contributed by atoms with Crippen molar-refractivity contribution >= 4 is 39.6 Å². The first-order valence-corrected chi connectivity index (χ1v) is 9.47. The molecule has 6 nitrogen and oxygen atoms in total. The summed E-state index contributed by atoms with van der Waals surface area (Å²) in [6.45, 7) is 3.73. The number of rotatable bonds is 4. The number of hydrogen-bond acceptors (Lipinski definition) is 6. The summed E-state index contributed by atoms with van der Waals surface area (Å²) in [6, 6.07) is 0. The number of anilines is 1. The Morgan fingerprint density at radius 1 is 1.25 bits per heavy atom. The largest absolute Gasteiger partial charge is 0.462 e. The summed E-state index contributed by atoms with van der Waals surface area (Å²) in [5, 5.41) is 3.33. The minimum absolute atomic E-state index is 0.270. The fraction of sp³-hybridized carbons (Fsp3) is 0.438. The van der Waals surface area contributed by atoms with Crippen LogP contribution in [0.1, 0.15) is 55.9 Å². The highest BCUT2D eigenvalue weighted by molar-refractivity contribution is 7.17. The number of esters is 1. The van der Waals surface area contributed by atoms with Crippen LogP contribution in [0.4, 0.5) is 5.00 Å². The number of aromatic amines is 1. The molecule has 0 unspecified atom stereocenters. The number of aryl methyl sites for hydroxylation is 2. The summed E-state index contributed by atoms with van der Waals surface area (Å²) in [7, 11) is 0. The Morgan fingerprint density at radius 3 is 2.67 bits per heavy atom. The lowest BCUT2D eigenvalue weighted by atomic mass is 9.95. The second-order valence-corrected chi connectivity index (χ2v) is 7.65. The molecule has 0 aliphatic heterocycles. The smallest absolute Gasteiger partial charge is 0.341 e. The van der Waals surface area contributed by atoms with E-state index >= 15 is 0 Å². The van der Waals surface area contributed by atoms with Gasteiger partial charge in [-0.15, -0.1) is 11.3 Å². The molecule has 0 atom stereocenters. The third kappa shape index (κ3) is 3.16. The molecule has 128 valence electrons. The van der Waals surface area contributed by atoms with Crippen LogP contribution in [0.3, 0.4) is 0 Å². The molecule has 1 amide bonds. The molecule has 0 fully saturated rings. The molecule has 2 N–H and O–H groups in total. The summed E-state index contributed by atoms with van der Waals surface area (Å²) in [5.74, 6) is -0.772. The van der Waals surface area contributed by atoms with Gasteiger partial charge in [-0.1, -0.05) is 11.3 Å². The molecule has 24 heavy (non-hydrogen) atoms. The Bertz CT molecular complexity index is 847. The van der Waals surface area contributed by atoms with Gasteiger partial charge in [-0.2, -0.15) is 0 Å². The van der Waals surface area contributed by atoms with Gasteiger partial charge in [-0.05, 0) is 45.1 Å². The van der Waals surface area contributed by atoms with Gasteiger partial charge in [0.1, 0.15) is 9.88 Å². The van der Waals surface area contributed by atoms with Crippen LogP contribution >= 0.6 is 22.7 Å². The van der Waals surface area contributed by atoms with Crippen LogP contribution in [0.15, 0.2) is 4.79 Å². The van der Waals surface area contributed by atoms with E-state index in [1.165, 1.54) is 11.3 Å². The topological polar surface area (TPSA) is 88.3 Å². The van der Waals surface area contributed by atoms with E-state index in [2.05, 4.69) is 10.3 Å². The molecule has 0 saturated carbocycles. The van der Waals surface area contributed by atoms with Gasteiger partial charge >= 0.3 is 10.8 Å². The first kappa shape index (κ1) is 16.9. The second-order valence-electron chi connectivity index (χ2n) is 5.56. The molecule has 8 heteroatoms. The predicted molar refractivity (Wildman–Crippen MR) is 94.5 cm³/mol. The maximum atomic E-state index is 12.5. The van der Waals surface area contributed by atoms with Gasteiger partial charge in [0, 0.05) is 10.6 Å². The highest BCUT2D eigenvalue weighted by Gasteiger charge is 2.28. The maximum absolute atomic E-state index is 12.5. The van der Waals surface area contributed by atoms with Gasteiger partial charge < -0.3 is 15.0 Å². The molecular weight excluding hydrogens is 348 g/mol. The average molecular weight is 366 g/mol. The molecule has 0 aromatic carbocycles. The van der Waals surface area contributed by atoms with E-state index in [0.29, 0.717) is 21.1 Å². The normalized spacial score (nSPS) is 13.4. The van der Waals surface area contributed by atoms with E-state index in [1.807, 2.05) is 0 Å². The number of carbonyl (C=O) groups is 2. The molecular formula is C16H18N2O4S2. The number of aromatic nitrogens is 1. The lowest BCUT2D eigenvalue weighted by Crippen LogP contribution is -2.15. The van der Waals surface area contributed by atoms with Gasteiger partial charge in [-0.25, -0.2) is 4.79 Å². The number of thiophene rings is 1. The zero-order chi connectivity index (χ0) is 17.3. The van der Waals surface area contributed by atoms with Gasteiger partial charge in [0.25, 0.3) is 5.91 Å². The number of ether oxygens (including phenoxy) is 1. The SMILES string of the molecule is CCOC(=O)c1c(NC(=O)c2sc(=O)[nH]c2C)sc2c1CCCC2. The van der Waals surface area contributed by atoms with E-state index in [-0.39, 0.29) is 17.4 Å². The van der Waals surface area contributed by atoms with Gasteiger partial charge in [0.15, 0.2) is 0 Å². The maximum Gasteiger partial charge on any atom is 0.341 e. The predicted octanol–water partition coefficient (Wildman–Crippen LogP) is 3.11. The Labute approximate surface area is 146 Å². The molecule has 0 saturated heterocycles. The first-order valence-electron chi connectivity index (χ1n) is 7.84. The Balaban J connectivity index is 1.96. The van der Waals surface area contributed by atoms with Crippen molar-refractivity contribution in [3.63, 3.8) is 0 Å². The van der Waals surface area contributed by atoms with Crippen LogP contribution in [0, 0.1) is 6.92 Å². The Hall–Kier alpha value is -1.93. The second kappa shape index (κ2) is 6.90. The monoisotopic (exact) mass is 366 g/mol. The first-order chi connectivity index (χ1) is 11.5. The number of carbonyl (C=O) groups excluding carboxylic acids is 2. The van der Waals surface area contributed by atoms with Crippen LogP contribution in [-0.2, 0) is 17.6 Å². The highest BCUT2D eigenvalue weighted by atomic mass is 32.1. The molecule has 0 spiro atoms. The summed E-state index contributed by atoms with van der Waals surface area (Å²) in [4.78, 5) is 40.1. The van der Waals surface area contributed by atoms with E-state index in [1.54, 1.807) is 13.8 Å². The minimum atomic E-state index is -0.397. The number of amides is 1. The van der Waals surface area contributed by atoms with E-state index in [0.717, 1.165) is 47.5 Å². The van der Waals surface area contributed by atoms with Crippen molar-refractivity contribution in [1.82, 2.24) is 4.98 Å². The van der Waals surface area contributed by atoms with E-state index in [4.69, 9.17) is 4.74 Å². The van der Waals surface area contributed by atoms with Crippen molar-refractivity contribution in [2.24, 2.45) is 0 Å². The van der Waals surface area contributed by atoms with Crippen molar-refractivity contribution < 1.29 is 14.3 Å². The molecule has 0 radical (unpaired) electrons. The summed E-state index contributed by atoms with van der Waals surface area (Å²) < 4.78 is 5.17. The molecule has 1 aliphatic rings. The zero-order valence-corrected chi connectivity index (χ0v) is 15.1. The van der Waals surface area contributed by atoms with E-state index in [9.17, 15) is 14.4 Å². The van der Waals surface area contributed by atoms with Crippen LogP contribution < -0.4 is 10.2 Å².